The molecule has 1 saturated heterocycles. The number of rotatable bonds is 6. The topological polar surface area (TPSA) is 90.5 Å². The van der Waals surface area contributed by atoms with E-state index >= 15 is 0 Å². The Hall–Kier alpha value is -3.42. The van der Waals surface area contributed by atoms with Gasteiger partial charge in [-0.3, -0.25) is 14.5 Å². The highest BCUT2D eigenvalue weighted by molar-refractivity contribution is 5.97. The SMILES string of the molecule is Cc1ccc(C(=O)NCCNC(=O)c2ccc(N3CCNC3=O)cc2)cc1F. The van der Waals surface area contributed by atoms with Gasteiger partial charge in [-0.25, -0.2) is 9.18 Å². The third kappa shape index (κ3) is 4.46. The van der Waals surface area contributed by atoms with Crippen LogP contribution in [0.25, 0.3) is 0 Å². The van der Waals surface area contributed by atoms with Crippen LogP contribution in [-0.4, -0.2) is 44.0 Å². The fourth-order valence-corrected chi connectivity index (χ4v) is 2.80. The van der Waals surface area contributed by atoms with Gasteiger partial charge in [-0.1, -0.05) is 6.07 Å². The zero-order chi connectivity index (χ0) is 20.1. The lowest BCUT2D eigenvalue weighted by molar-refractivity contribution is 0.0927. The van der Waals surface area contributed by atoms with E-state index in [2.05, 4.69) is 16.0 Å². The minimum atomic E-state index is -0.434. The number of hydrogen-bond acceptors (Lipinski definition) is 3. The van der Waals surface area contributed by atoms with Gasteiger partial charge >= 0.3 is 6.03 Å². The van der Waals surface area contributed by atoms with Crippen molar-refractivity contribution in [2.24, 2.45) is 0 Å². The van der Waals surface area contributed by atoms with Crippen molar-refractivity contribution >= 4 is 23.5 Å². The van der Waals surface area contributed by atoms with E-state index in [1.807, 2.05) is 0 Å². The van der Waals surface area contributed by atoms with Gasteiger partial charge in [0.15, 0.2) is 0 Å². The Labute approximate surface area is 161 Å². The summed E-state index contributed by atoms with van der Waals surface area (Å²) in [6.45, 7) is 3.26. The fourth-order valence-electron chi connectivity index (χ4n) is 2.80. The first-order valence-corrected chi connectivity index (χ1v) is 8.93. The third-order valence-corrected chi connectivity index (χ3v) is 4.43. The van der Waals surface area contributed by atoms with Gasteiger partial charge in [-0.15, -0.1) is 0 Å². The molecule has 2 aromatic rings. The molecule has 3 rings (SSSR count). The molecular weight excluding hydrogens is 363 g/mol. The number of nitrogens with zero attached hydrogens (tertiary/aromatic N) is 1. The average molecular weight is 384 g/mol. The largest absolute Gasteiger partial charge is 0.350 e. The maximum atomic E-state index is 13.5. The van der Waals surface area contributed by atoms with E-state index in [4.69, 9.17) is 0 Å². The Bertz CT molecular complexity index is 899. The second-order valence-corrected chi connectivity index (χ2v) is 6.41. The van der Waals surface area contributed by atoms with Crippen molar-refractivity contribution in [2.45, 2.75) is 6.92 Å². The molecule has 0 radical (unpaired) electrons. The molecule has 0 unspecified atom stereocenters. The van der Waals surface area contributed by atoms with Crippen molar-refractivity contribution in [3.63, 3.8) is 0 Å². The molecule has 1 heterocycles. The fraction of sp³-hybridized carbons (Fsp3) is 0.250. The van der Waals surface area contributed by atoms with E-state index in [0.717, 1.165) is 5.69 Å². The van der Waals surface area contributed by atoms with E-state index < -0.39 is 11.7 Å². The molecule has 0 aromatic heterocycles. The van der Waals surface area contributed by atoms with Crippen molar-refractivity contribution in [1.82, 2.24) is 16.0 Å². The molecule has 4 amide bonds. The molecule has 3 N–H and O–H groups in total. The summed E-state index contributed by atoms with van der Waals surface area (Å²) < 4.78 is 13.5. The highest BCUT2D eigenvalue weighted by atomic mass is 19.1. The molecule has 0 atom stereocenters. The van der Waals surface area contributed by atoms with E-state index in [1.54, 1.807) is 48.2 Å². The van der Waals surface area contributed by atoms with Crippen LogP contribution in [0, 0.1) is 12.7 Å². The first-order chi connectivity index (χ1) is 13.5. The van der Waals surface area contributed by atoms with Gasteiger partial charge in [0.2, 0.25) is 0 Å². The molecule has 1 fully saturated rings. The highest BCUT2D eigenvalue weighted by Gasteiger charge is 2.21. The summed E-state index contributed by atoms with van der Waals surface area (Å²) in [6.07, 6.45) is 0. The lowest BCUT2D eigenvalue weighted by Gasteiger charge is -2.14. The van der Waals surface area contributed by atoms with Gasteiger partial charge in [0, 0.05) is 43.0 Å². The summed E-state index contributed by atoms with van der Waals surface area (Å²) in [4.78, 5) is 37.4. The van der Waals surface area contributed by atoms with E-state index in [9.17, 15) is 18.8 Å². The van der Waals surface area contributed by atoms with Gasteiger partial charge < -0.3 is 16.0 Å². The Morgan fingerprint density at radius 2 is 1.64 bits per heavy atom. The van der Waals surface area contributed by atoms with Crippen LogP contribution in [0.3, 0.4) is 0 Å². The molecule has 8 heteroatoms. The maximum absolute atomic E-state index is 13.5. The number of nitrogens with one attached hydrogen (secondary N) is 3. The normalized spacial score (nSPS) is 13.2. The first kappa shape index (κ1) is 19.3. The Morgan fingerprint density at radius 1 is 1.04 bits per heavy atom. The zero-order valence-electron chi connectivity index (χ0n) is 15.4. The summed E-state index contributed by atoms with van der Waals surface area (Å²) in [5.41, 5.74) is 1.88. The van der Waals surface area contributed by atoms with Crippen LogP contribution in [0.2, 0.25) is 0 Å². The van der Waals surface area contributed by atoms with Crippen LogP contribution in [0.15, 0.2) is 42.5 Å². The van der Waals surface area contributed by atoms with Crippen molar-refractivity contribution in [1.29, 1.82) is 0 Å². The first-order valence-electron chi connectivity index (χ1n) is 8.93. The number of hydrogen-bond donors (Lipinski definition) is 3. The predicted molar refractivity (Wildman–Crippen MR) is 103 cm³/mol. The smallest absolute Gasteiger partial charge is 0.321 e. The molecule has 0 saturated carbocycles. The van der Waals surface area contributed by atoms with Crippen LogP contribution in [-0.2, 0) is 0 Å². The van der Waals surface area contributed by atoms with Crippen molar-refractivity contribution in [2.75, 3.05) is 31.1 Å². The van der Waals surface area contributed by atoms with E-state index in [0.29, 0.717) is 24.2 Å². The summed E-state index contributed by atoms with van der Waals surface area (Å²) in [7, 11) is 0. The molecule has 2 aromatic carbocycles. The molecule has 0 bridgehead atoms. The van der Waals surface area contributed by atoms with Crippen LogP contribution in [0.1, 0.15) is 26.3 Å². The van der Waals surface area contributed by atoms with Gasteiger partial charge in [0.1, 0.15) is 5.82 Å². The number of anilines is 1. The number of urea groups is 1. The minimum Gasteiger partial charge on any atom is -0.350 e. The molecule has 1 aliphatic rings. The summed E-state index contributed by atoms with van der Waals surface area (Å²) in [5.74, 6) is -1.12. The van der Waals surface area contributed by atoms with Gasteiger partial charge in [0.25, 0.3) is 11.8 Å². The Balaban J connectivity index is 1.45. The Morgan fingerprint density at radius 3 is 2.21 bits per heavy atom. The quantitative estimate of drug-likeness (QED) is 0.664. The number of aryl methyl sites for hydroxylation is 1. The molecule has 0 spiro atoms. The monoisotopic (exact) mass is 384 g/mol. The van der Waals surface area contributed by atoms with Gasteiger partial charge in [-0.2, -0.15) is 0 Å². The molecule has 28 heavy (non-hydrogen) atoms. The second-order valence-electron chi connectivity index (χ2n) is 6.41. The van der Waals surface area contributed by atoms with Gasteiger partial charge in [0.05, 0.1) is 0 Å². The predicted octanol–water partition coefficient (Wildman–Crippen LogP) is 1.82. The molecule has 0 aliphatic carbocycles. The van der Waals surface area contributed by atoms with Crippen LogP contribution in [0.5, 0.6) is 0 Å². The van der Waals surface area contributed by atoms with Crippen molar-refractivity contribution in [3.8, 4) is 0 Å². The summed E-state index contributed by atoms with van der Waals surface area (Å²) in [5, 5.41) is 8.05. The number of carbonyl (C=O) groups is 3. The average Bonchev–Trinajstić information content (AvgIpc) is 3.13. The number of amides is 4. The van der Waals surface area contributed by atoms with Crippen LogP contribution < -0.4 is 20.9 Å². The minimum absolute atomic E-state index is 0.151. The van der Waals surface area contributed by atoms with E-state index in [1.165, 1.54) is 6.07 Å². The highest BCUT2D eigenvalue weighted by Crippen LogP contribution is 2.17. The number of benzene rings is 2. The number of carbonyl (C=O) groups excluding carboxylic acids is 3. The van der Waals surface area contributed by atoms with Crippen molar-refractivity contribution in [3.05, 3.63) is 65.0 Å². The Kier molecular flexibility index (Phi) is 5.88. The zero-order valence-corrected chi connectivity index (χ0v) is 15.4. The standard InChI is InChI=1S/C20H21FN4O3/c1-13-2-3-15(12-17(13)21)19(27)23-9-8-22-18(26)14-4-6-16(7-5-14)25-11-10-24-20(25)28/h2-7,12H,8-11H2,1H3,(H,22,26)(H,23,27)(H,24,28). The second kappa shape index (κ2) is 8.51. The maximum Gasteiger partial charge on any atom is 0.321 e. The third-order valence-electron chi connectivity index (χ3n) is 4.43. The number of halogens is 1. The summed E-state index contributed by atoms with van der Waals surface area (Å²) in [6, 6.07) is 10.8. The lowest BCUT2D eigenvalue weighted by Crippen LogP contribution is -2.34. The van der Waals surface area contributed by atoms with Crippen LogP contribution >= 0.6 is 0 Å². The molecule has 1 aliphatic heterocycles. The van der Waals surface area contributed by atoms with Crippen LogP contribution in [0.4, 0.5) is 14.9 Å². The molecule has 7 nitrogen and oxygen atoms in total. The van der Waals surface area contributed by atoms with Crippen molar-refractivity contribution < 1.29 is 18.8 Å². The molecular formula is C20H21FN4O3. The lowest BCUT2D eigenvalue weighted by atomic mass is 10.1. The van der Waals surface area contributed by atoms with E-state index in [-0.39, 0.29) is 30.6 Å². The summed E-state index contributed by atoms with van der Waals surface area (Å²) >= 11 is 0. The van der Waals surface area contributed by atoms with Gasteiger partial charge in [-0.05, 0) is 48.9 Å². The molecule has 146 valence electrons.